The van der Waals surface area contributed by atoms with Crippen molar-refractivity contribution in [1.29, 1.82) is 0 Å². The highest BCUT2D eigenvalue weighted by Crippen LogP contribution is 2.62. The zero-order valence-electron chi connectivity index (χ0n) is 10.3. The Labute approximate surface area is 107 Å². The Morgan fingerprint density at radius 3 is 2.18 bits per heavy atom. The average Bonchev–Trinajstić information content (AvgIpc) is 2.61. The maximum Gasteiger partial charge on any atom is 0.166 e. The molecule has 0 radical (unpaired) electrons. The van der Waals surface area contributed by atoms with Crippen molar-refractivity contribution < 1.29 is 5.11 Å². The van der Waals surface area contributed by atoms with Crippen LogP contribution in [0.2, 0.25) is 0 Å². The number of thioether (sulfide) groups is 1. The Morgan fingerprint density at radius 1 is 1.12 bits per heavy atom. The molecule has 0 aromatic heterocycles. The predicted molar refractivity (Wildman–Crippen MR) is 71.1 cm³/mol. The second kappa shape index (κ2) is 3.51. The number of rotatable bonds is 2. The van der Waals surface area contributed by atoms with Gasteiger partial charge in [0.15, 0.2) is 5.72 Å². The minimum Gasteiger partial charge on any atom is -0.368 e. The van der Waals surface area contributed by atoms with Crippen molar-refractivity contribution in [2.45, 2.75) is 50.7 Å². The van der Waals surface area contributed by atoms with E-state index in [-0.39, 0.29) is 0 Å². The lowest BCUT2D eigenvalue weighted by Gasteiger charge is -2.58. The normalized spacial score (nSPS) is 55.7. The van der Waals surface area contributed by atoms with Gasteiger partial charge < -0.3 is 5.11 Å². The maximum absolute atomic E-state index is 10.5. The van der Waals surface area contributed by atoms with Gasteiger partial charge in [-0.3, -0.25) is 4.99 Å². The van der Waals surface area contributed by atoms with Crippen molar-refractivity contribution in [3.05, 3.63) is 0 Å². The topological polar surface area (TPSA) is 32.6 Å². The Kier molecular flexibility index (Phi) is 2.24. The molecule has 5 aliphatic rings. The monoisotopic (exact) mass is 251 g/mol. The Morgan fingerprint density at radius 2 is 1.71 bits per heavy atom. The van der Waals surface area contributed by atoms with Crippen molar-refractivity contribution in [1.82, 2.24) is 0 Å². The molecule has 4 aliphatic carbocycles. The number of hydrogen-bond donors (Lipinski definition) is 1. The van der Waals surface area contributed by atoms with Crippen LogP contribution in [-0.4, -0.2) is 22.1 Å². The van der Waals surface area contributed by atoms with Gasteiger partial charge in [-0.05, 0) is 61.7 Å². The van der Waals surface area contributed by atoms with Gasteiger partial charge in [0, 0.05) is 12.2 Å². The first-order valence-electron chi connectivity index (χ1n) is 7.03. The van der Waals surface area contributed by atoms with E-state index < -0.39 is 5.72 Å². The van der Waals surface area contributed by atoms with Gasteiger partial charge in [0.05, 0.1) is 5.55 Å². The van der Waals surface area contributed by atoms with E-state index in [4.69, 9.17) is 0 Å². The zero-order valence-corrected chi connectivity index (χ0v) is 11.1. The van der Waals surface area contributed by atoms with Gasteiger partial charge in [-0.25, -0.2) is 0 Å². The third-order valence-electron chi connectivity index (χ3n) is 5.51. The van der Waals surface area contributed by atoms with E-state index in [1.165, 1.54) is 38.5 Å². The molecule has 0 aromatic carbocycles. The van der Waals surface area contributed by atoms with Gasteiger partial charge >= 0.3 is 0 Å². The fourth-order valence-electron chi connectivity index (χ4n) is 5.55. The minimum absolute atomic E-state index is 0.450. The first-order chi connectivity index (χ1) is 8.15. The van der Waals surface area contributed by atoms with E-state index in [1.54, 1.807) is 11.8 Å². The third kappa shape index (κ3) is 1.77. The summed E-state index contributed by atoms with van der Waals surface area (Å²) in [5.74, 6) is 3.71. The SMILES string of the molecule is OC1(CC23CC4CC(CC(C4)C2)C3)CSC=N1. The molecule has 0 amide bonds. The van der Waals surface area contributed by atoms with Crippen LogP contribution in [0.25, 0.3) is 0 Å². The summed E-state index contributed by atoms with van der Waals surface area (Å²) in [6, 6.07) is 0. The molecular weight excluding hydrogens is 230 g/mol. The van der Waals surface area contributed by atoms with Crippen molar-refractivity contribution >= 4 is 17.3 Å². The van der Waals surface area contributed by atoms with Crippen molar-refractivity contribution in [3.63, 3.8) is 0 Å². The predicted octanol–water partition coefficient (Wildman–Crippen LogP) is 3.06. The first kappa shape index (κ1) is 10.9. The average molecular weight is 251 g/mol. The summed E-state index contributed by atoms with van der Waals surface area (Å²) in [7, 11) is 0. The van der Waals surface area contributed by atoms with Crippen molar-refractivity contribution in [2.75, 3.05) is 5.75 Å². The van der Waals surface area contributed by atoms with Crippen LogP contribution in [0.5, 0.6) is 0 Å². The Balaban J connectivity index is 1.58. The smallest absolute Gasteiger partial charge is 0.166 e. The summed E-state index contributed by atoms with van der Waals surface area (Å²) >= 11 is 1.67. The molecule has 2 nitrogen and oxygen atoms in total. The number of hydrogen-bond acceptors (Lipinski definition) is 3. The molecule has 17 heavy (non-hydrogen) atoms. The van der Waals surface area contributed by atoms with E-state index in [9.17, 15) is 5.11 Å². The van der Waals surface area contributed by atoms with Gasteiger partial charge in [0.1, 0.15) is 0 Å². The van der Waals surface area contributed by atoms with Gasteiger partial charge in [-0.1, -0.05) is 0 Å². The number of aliphatic hydroxyl groups is 1. The first-order valence-corrected chi connectivity index (χ1v) is 8.07. The highest BCUT2D eigenvalue weighted by Gasteiger charge is 2.53. The highest BCUT2D eigenvalue weighted by molar-refractivity contribution is 8.12. The molecule has 0 aromatic rings. The molecule has 5 rings (SSSR count). The molecule has 1 aliphatic heterocycles. The largest absolute Gasteiger partial charge is 0.368 e. The van der Waals surface area contributed by atoms with E-state index in [0.717, 1.165) is 29.9 Å². The summed E-state index contributed by atoms with van der Waals surface area (Å²) in [5.41, 5.74) is 1.57. The molecule has 0 spiro atoms. The summed E-state index contributed by atoms with van der Waals surface area (Å²) in [4.78, 5) is 4.34. The van der Waals surface area contributed by atoms with Gasteiger partial charge in [-0.2, -0.15) is 0 Å². The van der Waals surface area contributed by atoms with E-state index in [0.29, 0.717) is 5.41 Å². The quantitative estimate of drug-likeness (QED) is 0.818. The molecular formula is C14H21NOS. The Bertz CT molecular complexity index is 332. The van der Waals surface area contributed by atoms with Crippen LogP contribution in [0, 0.1) is 23.2 Å². The summed E-state index contributed by atoms with van der Waals surface area (Å²) in [6.07, 6.45) is 9.51. The lowest BCUT2D eigenvalue weighted by Crippen LogP contribution is -2.49. The summed E-state index contributed by atoms with van der Waals surface area (Å²) in [6.45, 7) is 0. The zero-order chi connectivity index (χ0) is 11.5. The second-order valence-electron chi connectivity index (χ2n) is 7.12. The lowest BCUT2D eigenvalue weighted by molar-refractivity contribution is -0.0940. The van der Waals surface area contributed by atoms with Crippen molar-refractivity contribution in [3.8, 4) is 0 Å². The maximum atomic E-state index is 10.5. The van der Waals surface area contributed by atoms with Crippen molar-refractivity contribution in [2.24, 2.45) is 28.2 Å². The lowest BCUT2D eigenvalue weighted by atomic mass is 9.48. The molecule has 1 N–H and O–H groups in total. The van der Waals surface area contributed by atoms with Crippen LogP contribution in [-0.2, 0) is 0 Å². The van der Waals surface area contributed by atoms with E-state index >= 15 is 0 Å². The van der Waals surface area contributed by atoms with Crippen LogP contribution in [0.4, 0.5) is 0 Å². The van der Waals surface area contributed by atoms with Gasteiger partial charge in [0.2, 0.25) is 0 Å². The molecule has 1 unspecified atom stereocenters. The van der Waals surface area contributed by atoms with Crippen LogP contribution < -0.4 is 0 Å². The minimum atomic E-state index is -0.726. The highest BCUT2D eigenvalue weighted by atomic mass is 32.2. The molecule has 4 fully saturated rings. The fraction of sp³-hybridized carbons (Fsp3) is 0.929. The summed E-state index contributed by atoms with van der Waals surface area (Å²) in [5, 5.41) is 10.5. The molecule has 4 saturated carbocycles. The Hall–Kier alpha value is -0.0200. The molecule has 4 bridgehead atoms. The fourth-order valence-corrected chi connectivity index (χ4v) is 6.34. The van der Waals surface area contributed by atoms with Crippen LogP contribution >= 0.6 is 11.8 Å². The van der Waals surface area contributed by atoms with Gasteiger partial charge in [-0.15, -0.1) is 11.8 Å². The van der Waals surface area contributed by atoms with Crippen LogP contribution in [0.3, 0.4) is 0 Å². The molecule has 94 valence electrons. The number of aliphatic imine (C=N–C) groups is 1. The molecule has 1 atom stereocenters. The standard InChI is InChI=1S/C14H21NOS/c16-14(8-17-9-15-14)7-13-4-10-1-11(5-13)3-12(2-10)6-13/h9-12,16H,1-8H2. The second-order valence-corrected chi connectivity index (χ2v) is 7.96. The molecule has 0 saturated heterocycles. The van der Waals surface area contributed by atoms with Crippen LogP contribution in [0.1, 0.15) is 44.9 Å². The van der Waals surface area contributed by atoms with E-state index in [2.05, 4.69) is 4.99 Å². The summed E-state index contributed by atoms with van der Waals surface area (Å²) < 4.78 is 0. The van der Waals surface area contributed by atoms with Crippen LogP contribution in [0.15, 0.2) is 4.99 Å². The van der Waals surface area contributed by atoms with E-state index in [1.807, 2.05) is 5.55 Å². The van der Waals surface area contributed by atoms with Gasteiger partial charge in [0.25, 0.3) is 0 Å². The molecule has 3 heteroatoms. The number of nitrogens with zero attached hydrogens (tertiary/aromatic N) is 1. The molecule has 1 heterocycles. The third-order valence-corrected chi connectivity index (χ3v) is 6.39.